The molecule has 0 saturated heterocycles. The molecule has 2 atom stereocenters. The maximum absolute atomic E-state index is 12.0. The molecular weight excluding hydrogens is 474 g/mol. The average molecular weight is 524 g/mol. The second kappa shape index (κ2) is 16.4. The molecule has 2 unspecified atom stereocenters. The smallest absolute Gasteiger partial charge is 0.267 e. The molecule has 208 valence electrons. The van der Waals surface area contributed by atoms with Crippen molar-refractivity contribution in [3.63, 3.8) is 0 Å². The molecule has 0 saturated carbocycles. The highest BCUT2D eigenvalue weighted by molar-refractivity contribution is 7.85. The Morgan fingerprint density at radius 2 is 1.51 bits per heavy atom. The number of carbonyl (C=O) groups is 3. The number of hydrogen-bond acceptors (Lipinski definition) is 7. The van der Waals surface area contributed by atoms with Gasteiger partial charge in [-0.2, -0.15) is 8.42 Å². The minimum Gasteiger partial charge on any atom is -0.374 e. The average Bonchev–Trinajstić information content (AvgIpc) is 2.65. The monoisotopic (exact) mass is 523 g/mol. The Morgan fingerprint density at radius 3 is 1.83 bits per heavy atom. The maximum atomic E-state index is 12.0. The van der Waals surface area contributed by atoms with Gasteiger partial charge in [0, 0.05) is 20.6 Å². The van der Waals surface area contributed by atoms with Crippen molar-refractivity contribution in [1.82, 2.24) is 5.32 Å². The van der Waals surface area contributed by atoms with Gasteiger partial charge in [-0.15, -0.1) is 0 Å². The Balaban J connectivity index is 0. The molecule has 0 rings (SSSR count). The van der Waals surface area contributed by atoms with Crippen molar-refractivity contribution in [2.45, 2.75) is 111 Å². The lowest BCUT2D eigenvalue weighted by Crippen LogP contribution is -2.48. The molecule has 0 bridgehead atoms. The number of carbonyl (C=O) groups excluding carboxylic acids is 3. The van der Waals surface area contributed by atoms with Gasteiger partial charge in [0.05, 0.1) is 11.3 Å². The number of ketones is 2. The van der Waals surface area contributed by atoms with Crippen LogP contribution in [0, 0.1) is 11.8 Å². The lowest BCUT2D eigenvalue weighted by molar-refractivity contribution is -0.142. The third kappa shape index (κ3) is 17.7. The summed E-state index contributed by atoms with van der Waals surface area (Å²) in [5.41, 5.74) is -1.85. The zero-order valence-electron chi connectivity index (χ0n) is 23.4. The fourth-order valence-corrected chi connectivity index (χ4v) is 4.88. The SMILES string of the molecule is COC(CC(C)C)C(C)=O.COC(CCCCC(=O)NC(C)(C)CS(=O)(=O)O)(CC(C)C)C(C)=O. The number of unbranched alkanes of at least 4 members (excludes halogenated alkanes) is 1. The molecule has 10 heteroatoms. The molecule has 0 aromatic heterocycles. The van der Waals surface area contributed by atoms with Gasteiger partial charge in [0.25, 0.3) is 10.1 Å². The van der Waals surface area contributed by atoms with E-state index in [0.717, 1.165) is 6.42 Å². The molecule has 0 aromatic rings. The Bertz CT molecular complexity index is 761. The summed E-state index contributed by atoms with van der Waals surface area (Å²) < 4.78 is 41.3. The van der Waals surface area contributed by atoms with Gasteiger partial charge in [0.2, 0.25) is 5.91 Å². The molecule has 0 aliphatic heterocycles. The highest BCUT2D eigenvalue weighted by Crippen LogP contribution is 2.28. The Morgan fingerprint density at radius 1 is 0.971 bits per heavy atom. The summed E-state index contributed by atoms with van der Waals surface area (Å²) in [7, 11) is -1.05. The van der Waals surface area contributed by atoms with Gasteiger partial charge in [-0.25, -0.2) is 0 Å². The van der Waals surface area contributed by atoms with E-state index in [2.05, 4.69) is 19.2 Å². The molecule has 2 N–H and O–H groups in total. The number of amides is 1. The van der Waals surface area contributed by atoms with E-state index in [1.807, 2.05) is 13.8 Å². The van der Waals surface area contributed by atoms with Crippen molar-refractivity contribution in [3.8, 4) is 0 Å². The third-order valence-electron chi connectivity index (χ3n) is 5.45. The molecule has 0 aromatic carbocycles. The summed E-state index contributed by atoms with van der Waals surface area (Å²) in [6, 6.07) is 0. The molecule has 0 aliphatic rings. The van der Waals surface area contributed by atoms with Gasteiger partial charge in [-0.3, -0.25) is 18.9 Å². The van der Waals surface area contributed by atoms with Crippen LogP contribution in [0.3, 0.4) is 0 Å². The Hall–Kier alpha value is -1.36. The van der Waals surface area contributed by atoms with Crippen molar-refractivity contribution < 1.29 is 36.8 Å². The lowest BCUT2D eigenvalue weighted by atomic mass is 9.84. The number of hydrogen-bond donors (Lipinski definition) is 2. The predicted octanol–water partition coefficient (Wildman–Crippen LogP) is 3.99. The highest BCUT2D eigenvalue weighted by atomic mass is 32.2. The molecule has 0 aliphatic carbocycles. The molecule has 0 spiro atoms. The van der Waals surface area contributed by atoms with Crippen molar-refractivity contribution in [2.75, 3.05) is 20.0 Å². The normalized spacial score (nSPS) is 14.7. The number of nitrogens with one attached hydrogen (secondary N) is 1. The summed E-state index contributed by atoms with van der Waals surface area (Å²) in [5.74, 6) is 0.112. The van der Waals surface area contributed by atoms with E-state index in [1.54, 1.807) is 14.0 Å². The molecular formula is C25H49NO8S. The molecule has 9 nitrogen and oxygen atoms in total. The van der Waals surface area contributed by atoms with Gasteiger partial charge >= 0.3 is 0 Å². The largest absolute Gasteiger partial charge is 0.374 e. The van der Waals surface area contributed by atoms with E-state index in [0.29, 0.717) is 37.5 Å². The van der Waals surface area contributed by atoms with Gasteiger partial charge in [0.15, 0.2) is 11.6 Å². The summed E-state index contributed by atoms with van der Waals surface area (Å²) >= 11 is 0. The van der Waals surface area contributed by atoms with Crippen LogP contribution in [0.4, 0.5) is 0 Å². The maximum Gasteiger partial charge on any atom is 0.267 e. The zero-order valence-corrected chi connectivity index (χ0v) is 24.2. The number of rotatable bonds is 16. The Kier molecular flexibility index (Phi) is 16.8. The van der Waals surface area contributed by atoms with Crippen LogP contribution in [0.1, 0.15) is 93.9 Å². The highest BCUT2D eigenvalue weighted by Gasteiger charge is 2.35. The van der Waals surface area contributed by atoms with E-state index >= 15 is 0 Å². The first-order chi connectivity index (χ1) is 15.8. The second-order valence-electron chi connectivity index (χ2n) is 10.7. The van der Waals surface area contributed by atoms with Gasteiger partial charge < -0.3 is 14.8 Å². The number of ether oxygens (including phenoxy) is 2. The second-order valence-corrected chi connectivity index (χ2v) is 12.1. The van der Waals surface area contributed by atoms with Crippen LogP contribution in [-0.2, 0) is 34.0 Å². The third-order valence-corrected chi connectivity index (χ3v) is 6.54. The first-order valence-corrected chi connectivity index (χ1v) is 13.8. The van der Waals surface area contributed by atoms with Crippen molar-refractivity contribution in [1.29, 1.82) is 0 Å². The van der Waals surface area contributed by atoms with E-state index in [9.17, 15) is 22.8 Å². The summed E-state index contributed by atoms with van der Waals surface area (Å²) in [5, 5.41) is 2.60. The van der Waals surface area contributed by atoms with Crippen LogP contribution in [-0.4, -0.2) is 67.7 Å². The summed E-state index contributed by atoms with van der Waals surface area (Å²) in [6.45, 7) is 14.4. The zero-order chi connectivity index (χ0) is 28.0. The van der Waals surface area contributed by atoms with Crippen LogP contribution in [0.15, 0.2) is 0 Å². The minimum atomic E-state index is -4.17. The van der Waals surface area contributed by atoms with E-state index in [-0.39, 0.29) is 30.0 Å². The van der Waals surface area contributed by atoms with Gasteiger partial charge in [0.1, 0.15) is 11.7 Å². The number of methoxy groups -OCH3 is 2. The van der Waals surface area contributed by atoms with E-state index in [4.69, 9.17) is 14.0 Å². The summed E-state index contributed by atoms with van der Waals surface area (Å²) in [4.78, 5) is 34.7. The first-order valence-electron chi connectivity index (χ1n) is 12.2. The topological polar surface area (TPSA) is 136 Å². The lowest BCUT2D eigenvalue weighted by Gasteiger charge is -2.31. The molecule has 1 amide bonds. The Labute approximate surface area is 212 Å². The van der Waals surface area contributed by atoms with E-state index < -0.39 is 27.0 Å². The van der Waals surface area contributed by atoms with Crippen LogP contribution < -0.4 is 5.32 Å². The predicted molar refractivity (Wildman–Crippen MR) is 138 cm³/mol. The first kappa shape index (κ1) is 35.8. The molecule has 0 radical (unpaired) electrons. The van der Waals surface area contributed by atoms with Crippen LogP contribution in [0.5, 0.6) is 0 Å². The van der Waals surface area contributed by atoms with Gasteiger partial charge in [-0.05, 0) is 71.6 Å². The fourth-order valence-electron chi connectivity index (χ4n) is 3.89. The van der Waals surface area contributed by atoms with Crippen LogP contribution in [0.25, 0.3) is 0 Å². The quantitative estimate of drug-likeness (QED) is 0.229. The summed E-state index contributed by atoms with van der Waals surface area (Å²) in [6.07, 6.45) is 3.22. The van der Waals surface area contributed by atoms with Gasteiger partial charge in [-0.1, -0.05) is 27.7 Å². The molecule has 35 heavy (non-hydrogen) atoms. The van der Waals surface area contributed by atoms with Crippen molar-refractivity contribution >= 4 is 27.6 Å². The van der Waals surface area contributed by atoms with Crippen LogP contribution in [0.2, 0.25) is 0 Å². The minimum absolute atomic E-state index is 0.0116. The van der Waals surface area contributed by atoms with Crippen LogP contribution >= 0.6 is 0 Å². The standard InChI is InChI=1S/C17H33NO6S.C8H16O2/c1-13(2)11-17(24-6,14(3)19)10-8-7-9-15(20)18-16(4,5)12-25(21,22)23;1-6(2)5-8(10-4)7(3)9/h13H,7-12H2,1-6H3,(H,18,20)(H,21,22,23);6,8H,5H2,1-4H3. The fraction of sp³-hybridized carbons (Fsp3) is 0.880. The molecule has 0 heterocycles. The van der Waals surface area contributed by atoms with Crippen molar-refractivity contribution in [3.05, 3.63) is 0 Å². The van der Waals surface area contributed by atoms with E-state index in [1.165, 1.54) is 27.9 Å². The van der Waals surface area contributed by atoms with Crippen molar-refractivity contribution in [2.24, 2.45) is 11.8 Å². The number of Topliss-reactive ketones (excluding diaryl/α,β-unsaturated/α-hetero) is 2. The molecule has 0 fully saturated rings.